The second-order valence-electron chi connectivity index (χ2n) is 2.23. The van der Waals surface area contributed by atoms with Crippen LogP contribution in [0.2, 0.25) is 0 Å². The number of hydrogen-bond donors (Lipinski definition) is 0. The van der Waals surface area contributed by atoms with Crippen molar-refractivity contribution in [2.45, 2.75) is 6.92 Å². The summed E-state index contributed by atoms with van der Waals surface area (Å²) in [6, 6.07) is 0. The molecule has 0 amide bonds. The van der Waals surface area contributed by atoms with Crippen LogP contribution in [-0.2, 0) is 4.74 Å². The zero-order valence-electron chi connectivity index (χ0n) is 6.97. The van der Waals surface area contributed by atoms with Crippen LogP contribution in [0.5, 0.6) is 0 Å². The number of nitrogens with zero attached hydrogens (tertiary/aromatic N) is 2. The van der Waals surface area contributed by atoms with Gasteiger partial charge >= 0.3 is 5.97 Å². The second-order valence-corrected chi connectivity index (χ2v) is 3.31. The Kier molecular flexibility index (Phi) is 3.12. The summed E-state index contributed by atoms with van der Waals surface area (Å²) in [5.74, 6) is -1.69. The van der Waals surface area contributed by atoms with Crippen LogP contribution in [0.15, 0.2) is 0 Å². The first kappa shape index (κ1) is 10.3. The highest BCUT2D eigenvalue weighted by Gasteiger charge is 2.14. The van der Waals surface area contributed by atoms with Crippen LogP contribution in [0.25, 0.3) is 0 Å². The number of hydrogen-bond acceptors (Lipinski definition) is 4. The van der Waals surface area contributed by atoms with Gasteiger partial charge in [0.15, 0.2) is 0 Å². The lowest BCUT2D eigenvalue weighted by atomic mass is 10.4. The van der Waals surface area contributed by atoms with Gasteiger partial charge in [0.25, 0.3) is 0 Å². The van der Waals surface area contributed by atoms with E-state index in [9.17, 15) is 9.18 Å². The molecule has 1 aromatic heterocycles. The molecule has 0 atom stereocenters. The summed E-state index contributed by atoms with van der Waals surface area (Å²) in [4.78, 5) is 18.0. The lowest BCUT2D eigenvalue weighted by Gasteiger charge is -2.01. The van der Waals surface area contributed by atoms with E-state index in [0.717, 1.165) is 0 Å². The first-order valence-electron chi connectivity index (χ1n) is 3.34. The van der Waals surface area contributed by atoms with Crippen molar-refractivity contribution >= 4 is 28.6 Å². The first-order valence-corrected chi connectivity index (χ1v) is 4.42. The summed E-state index contributed by atoms with van der Waals surface area (Å²) in [7, 11) is 1.19. The molecule has 0 aromatic carbocycles. The number of ether oxygens (including phenoxy) is 1. The van der Waals surface area contributed by atoms with Crippen molar-refractivity contribution in [3.8, 4) is 0 Å². The molecule has 4 nitrogen and oxygen atoms in total. The van der Waals surface area contributed by atoms with Gasteiger partial charge < -0.3 is 4.74 Å². The van der Waals surface area contributed by atoms with Gasteiger partial charge in [-0.05, 0) is 29.5 Å². The minimum Gasteiger partial charge on any atom is -0.463 e. The number of aromatic nitrogens is 2. The molecule has 0 aliphatic rings. The van der Waals surface area contributed by atoms with Crippen molar-refractivity contribution in [1.82, 2.24) is 9.97 Å². The average molecular weight is 296 g/mol. The van der Waals surface area contributed by atoms with Crippen LogP contribution < -0.4 is 0 Å². The number of carbonyl (C=O) groups excluding carboxylic acids is 1. The quantitative estimate of drug-likeness (QED) is 0.445. The van der Waals surface area contributed by atoms with Gasteiger partial charge in [-0.25, -0.2) is 9.78 Å². The van der Waals surface area contributed by atoms with Gasteiger partial charge in [0, 0.05) is 0 Å². The highest BCUT2D eigenvalue weighted by molar-refractivity contribution is 14.1. The molecule has 70 valence electrons. The van der Waals surface area contributed by atoms with Crippen LogP contribution in [0.3, 0.4) is 0 Å². The average Bonchev–Trinajstić information content (AvgIpc) is 2.12. The number of aryl methyl sites for hydroxylation is 1. The lowest BCUT2D eigenvalue weighted by Crippen LogP contribution is -2.11. The topological polar surface area (TPSA) is 52.1 Å². The van der Waals surface area contributed by atoms with Crippen LogP contribution in [-0.4, -0.2) is 23.0 Å². The van der Waals surface area contributed by atoms with Crippen molar-refractivity contribution < 1.29 is 13.9 Å². The molecule has 13 heavy (non-hydrogen) atoms. The zero-order valence-corrected chi connectivity index (χ0v) is 9.12. The van der Waals surface area contributed by atoms with Gasteiger partial charge in [0.2, 0.25) is 11.8 Å². The molecule has 0 spiro atoms. The Hall–Kier alpha value is -0.790. The van der Waals surface area contributed by atoms with Crippen LogP contribution in [0.4, 0.5) is 4.39 Å². The Labute approximate surface area is 87.7 Å². The minimum absolute atomic E-state index is 0.252. The van der Waals surface area contributed by atoms with E-state index in [2.05, 4.69) is 14.7 Å². The summed E-state index contributed by atoms with van der Waals surface area (Å²) in [5, 5.41) is 0. The summed E-state index contributed by atoms with van der Waals surface area (Å²) in [6.45, 7) is 1.60. The molecule has 1 heterocycles. The smallest absolute Gasteiger partial charge is 0.376 e. The fourth-order valence-corrected chi connectivity index (χ4v) is 0.948. The molecule has 0 saturated heterocycles. The second kappa shape index (κ2) is 3.95. The Bertz CT molecular complexity index is 333. The Balaban J connectivity index is 3.20. The molecule has 0 aliphatic carbocycles. The van der Waals surface area contributed by atoms with E-state index in [1.165, 1.54) is 7.11 Å². The Morgan fingerprint density at radius 3 is 2.62 bits per heavy atom. The zero-order chi connectivity index (χ0) is 10.0. The molecular weight excluding hydrogens is 290 g/mol. The van der Waals surface area contributed by atoms with Gasteiger partial charge in [-0.2, -0.15) is 9.37 Å². The molecule has 0 unspecified atom stereocenters. The standard InChI is InChI=1S/C7H6FIN2O2/c1-3-4(9)5(8)11-6(10-3)7(12)13-2/h1-2H3. The number of halogens is 2. The van der Waals surface area contributed by atoms with Crippen LogP contribution in [0, 0.1) is 16.4 Å². The minimum atomic E-state index is -0.738. The normalized spacial score (nSPS) is 9.85. The predicted octanol–water partition coefficient (Wildman–Crippen LogP) is 1.32. The maximum absolute atomic E-state index is 13.0. The van der Waals surface area contributed by atoms with E-state index in [0.29, 0.717) is 9.26 Å². The summed E-state index contributed by atoms with van der Waals surface area (Å²) >= 11 is 1.77. The molecule has 0 saturated carbocycles. The predicted molar refractivity (Wildman–Crippen MR) is 50.8 cm³/mol. The van der Waals surface area contributed by atoms with Gasteiger partial charge in [-0.1, -0.05) is 0 Å². The third-order valence-electron chi connectivity index (χ3n) is 1.34. The van der Waals surface area contributed by atoms with Crippen LogP contribution >= 0.6 is 22.6 Å². The van der Waals surface area contributed by atoms with Gasteiger partial charge in [-0.3, -0.25) is 0 Å². The fourth-order valence-electron chi connectivity index (χ4n) is 0.707. The van der Waals surface area contributed by atoms with Gasteiger partial charge in [0.05, 0.1) is 16.4 Å². The molecule has 0 bridgehead atoms. The monoisotopic (exact) mass is 296 g/mol. The third kappa shape index (κ3) is 2.11. The molecule has 1 rings (SSSR count). The molecule has 6 heteroatoms. The third-order valence-corrected chi connectivity index (χ3v) is 2.57. The van der Waals surface area contributed by atoms with Crippen molar-refractivity contribution in [2.75, 3.05) is 7.11 Å². The van der Waals surface area contributed by atoms with Crippen LogP contribution in [0.1, 0.15) is 16.3 Å². The molecule has 0 N–H and O–H groups in total. The Morgan fingerprint density at radius 2 is 2.15 bits per heavy atom. The van der Waals surface area contributed by atoms with E-state index in [1.54, 1.807) is 29.5 Å². The summed E-state index contributed by atoms with van der Waals surface area (Å²) in [6.07, 6.45) is 0. The molecule has 0 aliphatic heterocycles. The largest absolute Gasteiger partial charge is 0.463 e. The molecule has 0 radical (unpaired) electrons. The van der Waals surface area contributed by atoms with E-state index in [1.807, 2.05) is 0 Å². The van der Waals surface area contributed by atoms with E-state index in [-0.39, 0.29) is 5.82 Å². The lowest BCUT2D eigenvalue weighted by molar-refractivity contribution is 0.0584. The molecular formula is C7H6FIN2O2. The van der Waals surface area contributed by atoms with Crippen molar-refractivity contribution in [3.05, 3.63) is 21.0 Å². The summed E-state index contributed by atoms with van der Waals surface area (Å²) < 4.78 is 17.6. The maximum atomic E-state index is 13.0. The first-order chi connectivity index (χ1) is 6.06. The van der Waals surface area contributed by atoms with Crippen molar-refractivity contribution in [3.63, 3.8) is 0 Å². The number of esters is 1. The summed E-state index contributed by atoms with van der Waals surface area (Å²) in [5.41, 5.74) is 0.425. The maximum Gasteiger partial charge on any atom is 0.376 e. The van der Waals surface area contributed by atoms with E-state index >= 15 is 0 Å². The van der Waals surface area contributed by atoms with Crippen molar-refractivity contribution in [2.24, 2.45) is 0 Å². The number of rotatable bonds is 1. The number of carbonyl (C=O) groups is 1. The fraction of sp³-hybridized carbons (Fsp3) is 0.286. The van der Waals surface area contributed by atoms with Crippen molar-refractivity contribution in [1.29, 1.82) is 0 Å². The van der Waals surface area contributed by atoms with Gasteiger partial charge in [0.1, 0.15) is 0 Å². The van der Waals surface area contributed by atoms with E-state index in [4.69, 9.17) is 0 Å². The molecule has 1 aromatic rings. The van der Waals surface area contributed by atoms with Gasteiger partial charge in [-0.15, -0.1) is 0 Å². The Morgan fingerprint density at radius 1 is 1.54 bits per heavy atom. The highest BCUT2D eigenvalue weighted by atomic mass is 127. The molecule has 0 fully saturated rings. The SMILES string of the molecule is COC(=O)c1nc(C)c(I)c(F)n1. The number of methoxy groups -OCH3 is 1. The van der Waals surface area contributed by atoms with E-state index < -0.39 is 11.9 Å². The highest BCUT2D eigenvalue weighted by Crippen LogP contribution is 2.12.